The lowest BCUT2D eigenvalue weighted by molar-refractivity contribution is -0.122. The molecule has 1 unspecified atom stereocenters. The summed E-state index contributed by atoms with van der Waals surface area (Å²) in [6, 6.07) is 16.7. The van der Waals surface area contributed by atoms with E-state index in [-0.39, 0.29) is 0 Å². The smallest absolute Gasteiger partial charge is 0.284 e. The summed E-state index contributed by atoms with van der Waals surface area (Å²) in [6.07, 6.45) is -1.87. The largest absolute Gasteiger partial charge is 0.311 e. The SMILES string of the molecule is CN1C(=O)C(F)N=C(c2ccccc2)c2ccccc21. The van der Waals surface area contributed by atoms with Gasteiger partial charge in [-0.25, -0.2) is 9.38 Å². The van der Waals surface area contributed by atoms with Crippen molar-refractivity contribution < 1.29 is 9.18 Å². The topological polar surface area (TPSA) is 32.7 Å². The van der Waals surface area contributed by atoms with E-state index < -0.39 is 12.2 Å². The molecular formula is C16H13FN2O. The van der Waals surface area contributed by atoms with Crippen LogP contribution in [0.25, 0.3) is 0 Å². The molecule has 2 aromatic carbocycles. The van der Waals surface area contributed by atoms with Crippen molar-refractivity contribution in [3.63, 3.8) is 0 Å². The number of alkyl halides is 1. The van der Waals surface area contributed by atoms with Crippen molar-refractivity contribution in [3.8, 4) is 0 Å². The van der Waals surface area contributed by atoms with Gasteiger partial charge >= 0.3 is 0 Å². The molecule has 0 saturated carbocycles. The summed E-state index contributed by atoms with van der Waals surface area (Å²) in [5.74, 6) is -0.650. The van der Waals surface area contributed by atoms with Crippen LogP contribution in [-0.4, -0.2) is 25.0 Å². The van der Waals surface area contributed by atoms with Crippen LogP contribution in [0.2, 0.25) is 0 Å². The van der Waals surface area contributed by atoms with Crippen LogP contribution < -0.4 is 4.90 Å². The van der Waals surface area contributed by atoms with Gasteiger partial charge in [0.1, 0.15) is 0 Å². The number of amides is 1. The number of halogens is 1. The zero-order valence-electron chi connectivity index (χ0n) is 11.0. The number of para-hydroxylation sites is 1. The minimum Gasteiger partial charge on any atom is -0.311 e. The maximum atomic E-state index is 14.0. The Hall–Kier alpha value is -2.49. The standard InChI is InChI=1S/C16H13FN2O/c1-19-13-10-6-5-9-12(13)14(18-15(17)16(19)20)11-7-3-2-4-8-11/h2-10,15H,1H3. The van der Waals surface area contributed by atoms with Crippen molar-refractivity contribution in [1.82, 2.24) is 0 Å². The van der Waals surface area contributed by atoms with E-state index >= 15 is 0 Å². The third-order valence-electron chi connectivity index (χ3n) is 3.34. The molecule has 1 amide bonds. The van der Waals surface area contributed by atoms with Crippen LogP contribution in [0.5, 0.6) is 0 Å². The number of aliphatic imine (C=N–C) groups is 1. The first-order valence-electron chi connectivity index (χ1n) is 6.33. The normalized spacial score (nSPS) is 18.3. The number of hydrogen-bond acceptors (Lipinski definition) is 2. The third-order valence-corrected chi connectivity index (χ3v) is 3.34. The first-order valence-corrected chi connectivity index (χ1v) is 6.33. The predicted molar refractivity (Wildman–Crippen MR) is 76.8 cm³/mol. The van der Waals surface area contributed by atoms with E-state index in [9.17, 15) is 9.18 Å². The van der Waals surface area contributed by atoms with Gasteiger partial charge in [0, 0.05) is 18.2 Å². The molecule has 3 nitrogen and oxygen atoms in total. The van der Waals surface area contributed by atoms with E-state index in [2.05, 4.69) is 4.99 Å². The lowest BCUT2D eigenvalue weighted by atomic mass is 10.0. The van der Waals surface area contributed by atoms with Crippen LogP contribution >= 0.6 is 0 Å². The molecule has 0 saturated heterocycles. The molecule has 1 atom stereocenters. The number of anilines is 1. The van der Waals surface area contributed by atoms with Gasteiger partial charge in [0.25, 0.3) is 12.2 Å². The summed E-state index contributed by atoms with van der Waals surface area (Å²) in [4.78, 5) is 17.2. The number of rotatable bonds is 1. The summed E-state index contributed by atoms with van der Waals surface area (Å²) < 4.78 is 14.0. The summed E-state index contributed by atoms with van der Waals surface area (Å²) in [6.45, 7) is 0. The minimum absolute atomic E-state index is 0.506. The van der Waals surface area contributed by atoms with E-state index in [4.69, 9.17) is 0 Å². The van der Waals surface area contributed by atoms with Gasteiger partial charge < -0.3 is 4.90 Å². The molecule has 1 aliphatic heterocycles. The average molecular weight is 268 g/mol. The zero-order chi connectivity index (χ0) is 14.1. The maximum absolute atomic E-state index is 14.0. The Bertz CT molecular complexity index is 682. The second-order valence-electron chi connectivity index (χ2n) is 4.59. The Labute approximate surface area is 116 Å². The zero-order valence-corrected chi connectivity index (χ0v) is 11.0. The Morgan fingerprint density at radius 1 is 1.05 bits per heavy atom. The van der Waals surface area contributed by atoms with Gasteiger partial charge in [0.2, 0.25) is 0 Å². The molecule has 0 aromatic heterocycles. The highest BCUT2D eigenvalue weighted by Gasteiger charge is 2.29. The highest BCUT2D eigenvalue weighted by atomic mass is 19.1. The van der Waals surface area contributed by atoms with E-state index in [0.29, 0.717) is 11.4 Å². The van der Waals surface area contributed by atoms with Crippen molar-refractivity contribution in [3.05, 3.63) is 65.7 Å². The van der Waals surface area contributed by atoms with E-state index in [1.165, 1.54) is 4.90 Å². The van der Waals surface area contributed by atoms with Gasteiger partial charge in [-0.1, -0.05) is 48.5 Å². The fourth-order valence-corrected chi connectivity index (χ4v) is 2.31. The average Bonchev–Trinajstić information content (AvgIpc) is 2.60. The van der Waals surface area contributed by atoms with Gasteiger partial charge in [-0.3, -0.25) is 4.79 Å². The molecule has 0 N–H and O–H groups in total. The molecule has 1 heterocycles. The van der Waals surface area contributed by atoms with Crippen LogP contribution in [0, 0.1) is 0 Å². The van der Waals surface area contributed by atoms with Crippen LogP contribution in [0.15, 0.2) is 59.6 Å². The number of fused-ring (bicyclic) bond motifs is 1. The number of nitrogens with zero attached hydrogens (tertiary/aromatic N) is 2. The molecule has 4 heteroatoms. The van der Waals surface area contributed by atoms with Crippen LogP contribution in [0.3, 0.4) is 0 Å². The highest BCUT2D eigenvalue weighted by molar-refractivity contribution is 6.19. The van der Waals surface area contributed by atoms with Crippen molar-refractivity contribution in [2.24, 2.45) is 4.99 Å². The van der Waals surface area contributed by atoms with E-state index in [1.54, 1.807) is 13.1 Å². The second-order valence-corrected chi connectivity index (χ2v) is 4.59. The fraction of sp³-hybridized carbons (Fsp3) is 0.125. The summed E-state index contributed by atoms with van der Waals surface area (Å²) in [7, 11) is 1.57. The van der Waals surface area contributed by atoms with E-state index in [1.807, 2.05) is 48.5 Å². The summed E-state index contributed by atoms with van der Waals surface area (Å²) in [5.41, 5.74) is 2.73. The van der Waals surface area contributed by atoms with Crippen molar-refractivity contribution in [1.29, 1.82) is 0 Å². The van der Waals surface area contributed by atoms with Gasteiger partial charge in [-0.15, -0.1) is 0 Å². The van der Waals surface area contributed by atoms with Gasteiger partial charge in [-0.2, -0.15) is 0 Å². The molecule has 100 valence electrons. The number of hydrogen-bond donors (Lipinski definition) is 0. The summed E-state index contributed by atoms with van der Waals surface area (Å²) >= 11 is 0. The quantitative estimate of drug-likeness (QED) is 0.732. The first kappa shape index (κ1) is 12.5. The van der Waals surface area contributed by atoms with E-state index in [0.717, 1.165) is 11.1 Å². The number of benzene rings is 2. The predicted octanol–water partition coefficient (Wildman–Crippen LogP) is 2.80. The lowest BCUT2D eigenvalue weighted by Crippen LogP contribution is -2.32. The van der Waals surface area contributed by atoms with Crippen molar-refractivity contribution in [2.45, 2.75) is 6.30 Å². The first-order chi connectivity index (χ1) is 9.68. The van der Waals surface area contributed by atoms with Gasteiger partial charge in [-0.05, 0) is 6.07 Å². The molecule has 0 bridgehead atoms. The Morgan fingerprint density at radius 2 is 1.70 bits per heavy atom. The Balaban J connectivity index is 2.24. The molecule has 1 aliphatic rings. The minimum atomic E-state index is -1.87. The van der Waals surface area contributed by atoms with Crippen LogP contribution in [0.4, 0.5) is 10.1 Å². The van der Waals surface area contributed by atoms with Crippen LogP contribution in [0.1, 0.15) is 11.1 Å². The number of carbonyl (C=O) groups is 1. The molecule has 0 spiro atoms. The fourth-order valence-electron chi connectivity index (χ4n) is 2.31. The lowest BCUT2D eigenvalue weighted by Gasteiger charge is -2.17. The molecule has 0 fully saturated rings. The van der Waals surface area contributed by atoms with Crippen LogP contribution in [-0.2, 0) is 4.79 Å². The van der Waals surface area contributed by atoms with Crippen molar-refractivity contribution in [2.75, 3.05) is 11.9 Å². The number of benzodiazepines with no additional fused rings is 1. The van der Waals surface area contributed by atoms with Gasteiger partial charge in [0.15, 0.2) is 0 Å². The second kappa shape index (κ2) is 4.89. The molecule has 20 heavy (non-hydrogen) atoms. The highest BCUT2D eigenvalue weighted by Crippen LogP contribution is 2.27. The third kappa shape index (κ3) is 1.99. The molecule has 0 aliphatic carbocycles. The maximum Gasteiger partial charge on any atom is 0.284 e. The Morgan fingerprint density at radius 3 is 2.45 bits per heavy atom. The number of likely N-dealkylation sites (N-methyl/N-ethyl adjacent to an activating group) is 1. The molecule has 3 rings (SSSR count). The number of carbonyl (C=O) groups excluding carboxylic acids is 1. The van der Waals surface area contributed by atoms with Crippen molar-refractivity contribution >= 4 is 17.3 Å². The summed E-state index contributed by atoms with van der Waals surface area (Å²) in [5, 5.41) is 0. The Kier molecular flexibility index (Phi) is 3.06. The molecular weight excluding hydrogens is 255 g/mol. The molecule has 0 radical (unpaired) electrons. The molecule has 2 aromatic rings. The monoisotopic (exact) mass is 268 g/mol. The van der Waals surface area contributed by atoms with Gasteiger partial charge in [0.05, 0.1) is 11.4 Å².